The topological polar surface area (TPSA) is 93.4 Å². The maximum atomic E-state index is 13.1. The van der Waals surface area contributed by atoms with Crippen molar-refractivity contribution >= 4 is 48.0 Å². The van der Waals surface area contributed by atoms with E-state index in [0.717, 1.165) is 28.2 Å². The molecule has 12 heteroatoms. The second-order valence-electron chi connectivity index (χ2n) is 8.94. The van der Waals surface area contributed by atoms with Crippen LogP contribution in [0.3, 0.4) is 0 Å². The summed E-state index contributed by atoms with van der Waals surface area (Å²) in [6, 6.07) is 13.3. The van der Waals surface area contributed by atoms with Crippen LogP contribution in [0.2, 0.25) is 5.02 Å². The summed E-state index contributed by atoms with van der Waals surface area (Å²) in [5.74, 6) is -0.0313. The van der Waals surface area contributed by atoms with Crippen LogP contribution in [0.4, 0.5) is 19.0 Å². The molecule has 1 aromatic heterocycles. The zero-order chi connectivity index (χ0) is 27.3. The van der Waals surface area contributed by atoms with Crippen LogP contribution in [-0.4, -0.2) is 75.6 Å². The third-order valence-corrected chi connectivity index (χ3v) is 8.91. The number of primary amides is 1. The van der Waals surface area contributed by atoms with Gasteiger partial charge in [0, 0.05) is 0 Å². The Kier molecular flexibility index (Phi) is 9.31. The number of carbonyl (C=O) groups is 1. The fourth-order valence-corrected chi connectivity index (χ4v) is 6.54. The number of halogens is 4. The van der Waals surface area contributed by atoms with E-state index in [2.05, 4.69) is 38.2 Å². The van der Waals surface area contributed by atoms with Crippen molar-refractivity contribution in [1.29, 1.82) is 0 Å². The first-order valence-electron chi connectivity index (χ1n) is 12.0. The number of aromatic nitrogens is 2. The van der Waals surface area contributed by atoms with Crippen molar-refractivity contribution in [2.24, 2.45) is 5.73 Å². The predicted molar refractivity (Wildman–Crippen MR) is 143 cm³/mol. The molecule has 3 aromatic rings. The van der Waals surface area contributed by atoms with E-state index in [4.69, 9.17) is 17.3 Å². The molecule has 0 saturated carbocycles. The summed E-state index contributed by atoms with van der Waals surface area (Å²) in [4.78, 5) is 22.5. The number of ether oxygens (including phenoxy) is 1. The van der Waals surface area contributed by atoms with Gasteiger partial charge in [0.15, 0.2) is 0 Å². The Labute approximate surface area is 230 Å². The Morgan fingerprint density at radius 3 is 2.66 bits per heavy atom. The van der Waals surface area contributed by atoms with Crippen LogP contribution in [0.25, 0.3) is 0 Å². The molecule has 4 rings (SSSR count). The summed E-state index contributed by atoms with van der Waals surface area (Å²) in [6.45, 7) is 1.23. The average Bonchev–Trinajstić information content (AvgIpc) is 3.08. The molecule has 0 saturated heterocycles. The van der Waals surface area contributed by atoms with E-state index in [-0.39, 0.29) is 6.54 Å². The zero-order valence-corrected chi connectivity index (χ0v) is 23.5. The summed E-state index contributed by atoms with van der Waals surface area (Å²) in [5.41, 5.74) is 8.92. The van der Waals surface area contributed by atoms with Gasteiger partial charge in [0.2, 0.25) is 0 Å². The second kappa shape index (κ2) is 12.5. The molecule has 0 bridgehead atoms. The van der Waals surface area contributed by atoms with Gasteiger partial charge in [0.1, 0.15) is 0 Å². The summed E-state index contributed by atoms with van der Waals surface area (Å²) < 4.78 is 45.9. The van der Waals surface area contributed by atoms with E-state index in [1.807, 2.05) is 17.0 Å². The molecule has 2 aromatic carbocycles. The number of benzene rings is 2. The van der Waals surface area contributed by atoms with Crippen LogP contribution >= 0.6 is 11.6 Å². The number of nitrogens with zero attached hydrogens (tertiary/aromatic N) is 3. The van der Waals surface area contributed by atoms with Crippen molar-refractivity contribution in [2.45, 2.75) is 31.7 Å². The SMILES string of the molecule is COC(CN1CCc2ccc([AsH]c3ncc(Cl)c(NCc4ccccc4C(N)=O)n3)cc2CC1)C(F)(F)F. The summed E-state index contributed by atoms with van der Waals surface area (Å²) in [7, 11) is 1.10. The fourth-order valence-electron chi connectivity index (χ4n) is 4.35. The van der Waals surface area contributed by atoms with Gasteiger partial charge in [-0.1, -0.05) is 0 Å². The van der Waals surface area contributed by atoms with Gasteiger partial charge in [-0.25, -0.2) is 0 Å². The number of fused-ring (bicyclic) bond motifs is 1. The number of alkyl halides is 3. The van der Waals surface area contributed by atoms with E-state index in [9.17, 15) is 18.0 Å². The molecule has 1 amide bonds. The van der Waals surface area contributed by atoms with Crippen molar-refractivity contribution in [3.05, 3.63) is 75.9 Å². The Bertz CT molecular complexity index is 1290. The number of hydrogen-bond acceptors (Lipinski definition) is 6. The molecule has 1 aliphatic rings. The van der Waals surface area contributed by atoms with Gasteiger partial charge in [0.25, 0.3) is 0 Å². The van der Waals surface area contributed by atoms with Crippen molar-refractivity contribution < 1.29 is 22.7 Å². The number of hydrogen-bond donors (Lipinski definition) is 2. The Morgan fingerprint density at radius 1 is 1.21 bits per heavy atom. The normalized spacial score (nSPS) is 15.3. The van der Waals surface area contributed by atoms with Crippen LogP contribution in [0.15, 0.2) is 48.7 Å². The van der Waals surface area contributed by atoms with E-state index >= 15 is 0 Å². The van der Waals surface area contributed by atoms with Crippen molar-refractivity contribution in [1.82, 2.24) is 14.9 Å². The third kappa shape index (κ3) is 7.26. The molecule has 202 valence electrons. The van der Waals surface area contributed by atoms with Crippen LogP contribution in [0.1, 0.15) is 27.0 Å². The van der Waals surface area contributed by atoms with Crippen molar-refractivity contribution in [3.8, 4) is 0 Å². The quantitative estimate of drug-likeness (QED) is 0.362. The number of anilines is 1. The maximum absolute atomic E-state index is 13.1. The van der Waals surface area contributed by atoms with Gasteiger partial charge in [-0.15, -0.1) is 0 Å². The fraction of sp³-hybridized carbons (Fsp3) is 0.346. The first-order chi connectivity index (χ1) is 18.1. The van der Waals surface area contributed by atoms with Crippen LogP contribution in [0.5, 0.6) is 0 Å². The van der Waals surface area contributed by atoms with Gasteiger partial charge >= 0.3 is 231 Å². The zero-order valence-electron chi connectivity index (χ0n) is 20.7. The van der Waals surface area contributed by atoms with E-state index in [0.29, 0.717) is 53.5 Å². The van der Waals surface area contributed by atoms with E-state index < -0.39 is 33.9 Å². The number of nitrogens with two attached hydrogens (primary N) is 1. The second-order valence-corrected chi connectivity index (χ2v) is 12.0. The van der Waals surface area contributed by atoms with Gasteiger partial charge < -0.3 is 0 Å². The van der Waals surface area contributed by atoms with Crippen molar-refractivity contribution in [3.63, 3.8) is 0 Å². The first-order valence-corrected chi connectivity index (χ1v) is 14.5. The molecule has 0 spiro atoms. The monoisotopic (exact) mass is 609 g/mol. The van der Waals surface area contributed by atoms with Gasteiger partial charge in [0.05, 0.1) is 0 Å². The summed E-state index contributed by atoms with van der Waals surface area (Å²) >= 11 is 5.43. The molecule has 3 N–H and O–H groups in total. The van der Waals surface area contributed by atoms with Gasteiger partial charge in [-0.3, -0.25) is 0 Å². The van der Waals surface area contributed by atoms with Crippen LogP contribution in [0, 0.1) is 0 Å². The molecule has 0 radical (unpaired) electrons. The number of methoxy groups -OCH3 is 1. The minimum absolute atomic E-state index is 0.174. The first kappa shape index (κ1) is 28.4. The third-order valence-electron chi connectivity index (χ3n) is 6.40. The number of carbonyl (C=O) groups excluding carboxylic acids is 1. The molecule has 0 aliphatic carbocycles. The number of rotatable bonds is 9. The Balaban J connectivity index is 1.42. The summed E-state index contributed by atoms with van der Waals surface area (Å²) in [6.07, 6.45) is -3.27. The van der Waals surface area contributed by atoms with Gasteiger partial charge in [-0.2, -0.15) is 0 Å². The molecule has 0 fully saturated rings. The van der Waals surface area contributed by atoms with E-state index in [1.54, 1.807) is 18.3 Å². The molecule has 2 atom stereocenters. The molecule has 7 nitrogen and oxygen atoms in total. The molecule has 2 heterocycles. The molecule has 38 heavy (non-hydrogen) atoms. The minimum atomic E-state index is -4.39. The van der Waals surface area contributed by atoms with Crippen molar-refractivity contribution in [2.75, 3.05) is 32.1 Å². The Morgan fingerprint density at radius 2 is 1.95 bits per heavy atom. The molecular weight excluding hydrogens is 582 g/mol. The van der Waals surface area contributed by atoms with Crippen LogP contribution < -0.4 is 20.0 Å². The number of amides is 1. The van der Waals surface area contributed by atoms with Crippen LogP contribution in [-0.2, 0) is 24.1 Å². The standard InChI is InChI=1S/C26H28AsClF3N5O2/c1-38-22(26(29,30)31)15-36-10-8-16-6-7-19(12-17(16)9-11-36)27-25-34-14-21(28)24(35-25)33-13-18-4-2-3-5-20(18)23(32)37/h2-7,12,14,22,27H,8-11,13,15H2,1H3,(H2,32,37)(H,33,34,35). The molecule has 1 aliphatic heterocycles. The van der Waals surface area contributed by atoms with E-state index in [1.165, 1.54) is 0 Å². The molecule has 2 unspecified atom stereocenters. The molecular formula is C26H28AsClF3N5O2. The van der Waals surface area contributed by atoms with Gasteiger partial charge in [-0.05, 0) is 0 Å². The average molecular weight is 610 g/mol. The summed E-state index contributed by atoms with van der Waals surface area (Å²) in [5, 5.41) is 3.55. The Hall–Kier alpha value is -2.65. The predicted octanol–water partition coefficient (Wildman–Crippen LogP) is 2.21. The number of nitrogens with one attached hydrogen (secondary N) is 1.